The van der Waals surface area contributed by atoms with Crippen molar-refractivity contribution in [2.45, 2.75) is 26.8 Å². The molecule has 2 aromatic carbocycles. The summed E-state index contributed by atoms with van der Waals surface area (Å²) in [4.78, 5) is 0.224. The van der Waals surface area contributed by atoms with Gasteiger partial charge in [-0.1, -0.05) is 30.3 Å². The number of nitrogens with one attached hydrogen (secondary N) is 1. The number of rotatable bonds is 5. The molecule has 2 heterocycles. The summed E-state index contributed by atoms with van der Waals surface area (Å²) in [6.07, 6.45) is 1.67. The number of aryl methyl sites for hydroxylation is 2. The minimum Gasteiger partial charge on any atom is -0.487 e. The molecule has 0 saturated carbocycles. The largest absolute Gasteiger partial charge is 0.487 e. The van der Waals surface area contributed by atoms with Crippen molar-refractivity contribution in [3.63, 3.8) is 0 Å². The summed E-state index contributed by atoms with van der Waals surface area (Å²) in [6, 6.07) is 16.7. The fourth-order valence-corrected chi connectivity index (χ4v) is 4.67. The van der Waals surface area contributed by atoms with E-state index < -0.39 is 10.0 Å². The SMILES string of the molecule is Cc1cc(C)n(-c2ccc([C@H](C)NS(=O)(=O)C3=Cc4ccccc4OC3)cc2)n1. The third-order valence-electron chi connectivity index (χ3n) is 4.93. The number of hydrogen-bond donors (Lipinski definition) is 1. The Labute approximate surface area is 170 Å². The highest BCUT2D eigenvalue weighted by Crippen LogP contribution is 2.28. The lowest BCUT2D eigenvalue weighted by molar-refractivity contribution is 0.353. The Hall–Kier alpha value is -2.90. The minimum absolute atomic E-state index is 0.0237. The Morgan fingerprint density at radius 3 is 2.52 bits per heavy atom. The second-order valence-corrected chi connectivity index (χ2v) is 8.98. The Kier molecular flexibility index (Phi) is 5.02. The van der Waals surface area contributed by atoms with Crippen molar-refractivity contribution in [2.75, 3.05) is 6.61 Å². The maximum absolute atomic E-state index is 12.8. The van der Waals surface area contributed by atoms with Crippen LogP contribution in [-0.4, -0.2) is 24.8 Å². The van der Waals surface area contributed by atoms with Crippen LogP contribution < -0.4 is 9.46 Å². The minimum atomic E-state index is -3.67. The summed E-state index contributed by atoms with van der Waals surface area (Å²) in [5.41, 5.74) is 4.58. The molecular weight excluding hydrogens is 386 g/mol. The molecule has 1 atom stereocenters. The van der Waals surface area contributed by atoms with Crippen LogP contribution in [0.5, 0.6) is 5.75 Å². The van der Waals surface area contributed by atoms with Gasteiger partial charge >= 0.3 is 0 Å². The van der Waals surface area contributed by atoms with Gasteiger partial charge in [-0.15, -0.1) is 0 Å². The fourth-order valence-electron chi connectivity index (χ4n) is 3.42. The third kappa shape index (κ3) is 3.97. The molecule has 1 aliphatic heterocycles. The number of benzene rings is 2. The maximum Gasteiger partial charge on any atom is 0.240 e. The Bertz CT molecular complexity index is 1180. The average molecular weight is 410 g/mol. The van der Waals surface area contributed by atoms with Crippen molar-refractivity contribution in [1.29, 1.82) is 0 Å². The van der Waals surface area contributed by atoms with Crippen LogP contribution in [0, 0.1) is 13.8 Å². The zero-order valence-corrected chi connectivity index (χ0v) is 17.4. The summed E-state index contributed by atoms with van der Waals surface area (Å²) in [7, 11) is -3.67. The molecule has 0 fully saturated rings. The van der Waals surface area contributed by atoms with E-state index in [1.165, 1.54) is 0 Å². The van der Waals surface area contributed by atoms with Gasteiger partial charge in [-0.25, -0.2) is 17.8 Å². The second-order valence-electron chi connectivity index (χ2n) is 7.21. The van der Waals surface area contributed by atoms with E-state index in [1.807, 2.05) is 80.1 Å². The molecular formula is C22H23N3O3S. The van der Waals surface area contributed by atoms with E-state index in [9.17, 15) is 8.42 Å². The Balaban J connectivity index is 1.52. The van der Waals surface area contributed by atoms with Crippen LogP contribution in [0.1, 0.15) is 35.5 Å². The van der Waals surface area contributed by atoms with Crippen molar-refractivity contribution < 1.29 is 13.2 Å². The molecule has 0 saturated heterocycles. The van der Waals surface area contributed by atoms with E-state index in [0.717, 1.165) is 28.2 Å². The molecule has 0 amide bonds. The van der Waals surface area contributed by atoms with Gasteiger partial charge in [0.15, 0.2) is 0 Å². The van der Waals surface area contributed by atoms with Gasteiger partial charge in [-0.2, -0.15) is 5.10 Å². The highest BCUT2D eigenvalue weighted by molar-refractivity contribution is 7.93. The van der Waals surface area contributed by atoms with Crippen LogP contribution in [0.2, 0.25) is 0 Å². The van der Waals surface area contributed by atoms with E-state index in [4.69, 9.17) is 4.74 Å². The summed E-state index contributed by atoms with van der Waals surface area (Å²) in [5.74, 6) is 0.694. The van der Waals surface area contributed by atoms with Gasteiger partial charge < -0.3 is 4.74 Å². The van der Waals surface area contributed by atoms with E-state index in [2.05, 4.69) is 9.82 Å². The van der Waals surface area contributed by atoms with E-state index in [-0.39, 0.29) is 17.6 Å². The second kappa shape index (κ2) is 7.50. The molecule has 0 bridgehead atoms. The van der Waals surface area contributed by atoms with Crippen molar-refractivity contribution >= 4 is 16.1 Å². The Morgan fingerprint density at radius 1 is 1.10 bits per heavy atom. The molecule has 29 heavy (non-hydrogen) atoms. The van der Waals surface area contributed by atoms with Crippen LogP contribution in [-0.2, 0) is 10.0 Å². The lowest BCUT2D eigenvalue weighted by Gasteiger charge is -2.20. The lowest BCUT2D eigenvalue weighted by atomic mass is 10.1. The standard InChI is InChI=1S/C22H23N3O3S/c1-15-12-16(2)25(23-15)20-10-8-18(9-11-20)17(3)24-29(26,27)21-13-19-6-4-5-7-22(19)28-14-21/h4-13,17,24H,14H2,1-3H3/t17-/m0/s1. The molecule has 150 valence electrons. The predicted molar refractivity (Wildman–Crippen MR) is 113 cm³/mol. The number of nitrogens with zero attached hydrogens (tertiary/aromatic N) is 2. The van der Waals surface area contributed by atoms with Gasteiger partial charge in [0.25, 0.3) is 0 Å². The Morgan fingerprint density at radius 2 is 1.83 bits per heavy atom. The molecule has 6 nitrogen and oxygen atoms in total. The zero-order chi connectivity index (χ0) is 20.6. The number of fused-ring (bicyclic) bond motifs is 1. The highest BCUT2D eigenvalue weighted by atomic mass is 32.2. The van der Waals surface area contributed by atoms with Crippen LogP contribution in [0.25, 0.3) is 11.8 Å². The summed E-state index contributed by atoms with van der Waals surface area (Å²) in [5, 5.41) is 4.48. The van der Waals surface area contributed by atoms with Crippen molar-refractivity contribution in [1.82, 2.24) is 14.5 Å². The van der Waals surface area contributed by atoms with Gasteiger partial charge in [0.1, 0.15) is 12.4 Å². The quantitative estimate of drug-likeness (QED) is 0.694. The molecule has 1 N–H and O–H groups in total. The molecule has 0 unspecified atom stereocenters. The van der Waals surface area contributed by atoms with Crippen LogP contribution in [0.4, 0.5) is 0 Å². The normalized spacial score (nSPS) is 14.7. The number of aromatic nitrogens is 2. The monoisotopic (exact) mass is 409 g/mol. The molecule has 3 aromatic rings. The first-order valence-electron chi connectivity index (χ1n) is 9.42. The van der Waals surface area contributed by atoms with Crippen molar-refractivity contribution in [2.24, 2.45) is 0 Å². The highest BCUT2D eigenvalue weighted by Gasteiger charge is 2.25. The molecule has 0 spiro atoms. The molecule has 7 heteroatoms. The van der Waals surface area contributed by atoms with E-state index in [0.29, 0.717) is 5.75 Å². The van der Waals surface area contributed by atoms with Gasteiger partial charge in [0, 0.05) is 17.3 Å². The summed E-state index contributed by atoms with van der Waals surface area (Å²) >= 11 is 0. The number of hydrogen-bond acceptors (Lipinski definition) is 4. The molecule has 4 rings (SSSR count). The third-order valence-corrected chi connectivity index (χ3v) is 6.52. The first-order valence-corrected chi connectivity index (χ1v) is 10.9. The first-order chi connectivity index (χ1) is 13.8. The van der Waals surface area contributed by atoms with Gasteiger partial charge in [-0.3, -0.25) is 0 Å². The molecule has 1 aliphatic rings. The van der Waals surface area contributed by atoms with E-state index in [1.54, 1.807) is 6.08 Å². The van der Waals surface area contributed by atoms with Crippen LogP contribution >= 0.6 is 0 Å². The van der Waals surface area contributed by atoms with Crippen molar-refractivity contribution in [3.8, 4) is 11.4 Å². The van der Waals surface area contributed by atoms with Crippen molar-refractivity contribution in [3.05, 3.63) is 82.0 Å². The summed E-state index contributed by atoms with van der Waals surface area (Å²) < 4.78 is 35.9. The van der Waals surface area contributed by atoms with Gasteiger partial charge in [0.2, 0.25) is 10.0 Å². The fraction of sp³-hybridized carbons (Fsp3) is 0.227. The average Bonchev–Trinajstić information content (AvgIpc) is 3.05. The van der Waals surface area contributed by atoms with Crippen LogP contribution in [0.15, 0.2) is 59.5 Å². The molecule has 0 radical (unpaired) electrons. The lowest BCUT2D eigenvalue weighted by Crippen LogP contribution is -2.30. The zero-order valence-electron chi connectivity index (χ0n) is 16.6. The topological polar surface area (TPSA) is 73.2 Å². The smallest absolute Gasteiger partial charge is 0.240 e. The van der Waals surface area contributed by atoms with Gasteiger partial charge in [-0.05, 0) is 56.7 Å². The maximum atomic E-state index is 12.8. The van der Waals surface area contributed by atoms with Gasteiger partial charge in [0.05, 0.1) is 16.3 Å². The molecule has 1 aromatic heterocycles. The summed E-state index contributed by atoms with van der Waals surface area (Å²) in [6.45, 7) is 5.81. The van der Waals surface area contributed by atoms with E-state index >= 15 is 0 Å². The molecule has 0 aliphatic carbocycles. The number of para-hydroxylation sites is 1. The predicted octanol–water partition coefficient (Wildman–Crippen LogP) is 3.90. The number of sulfonamides is 1. The first kappa shape index (κ1) is 19.4. The van der Waals surface area contributed by atoms with Crippen LogP contribution in [0.3, 0.4) is 0 Å². The number of ether oxygens (including phenoxy) is 1.